The van der Waals surface area contributed by atoms with Gasteiger partial charge < -0.3 is 10.4 Å². The summed E-state index contributed by atoms with van der Waals surface area (Å²) >= 11 is 10.5. The molecule has 0 saturated carbocycles. The van der Waals surface area contributed by atoms with Gasteiger partial charge in [0.05, 0.1) is 10.6 Å². The molecule has 0 bridgehead atoms. The molecule has 17 heavy (non-hydrogen) atoms. The lowest BCUT2D eigenvalue weighted by atomic mass is 10.2. The third kappa shape index (κ3) is 3.38. The van der Waals surface area contributed by atoms with E-state index in [1.54, 1.807) is 17.5 Å². The van der Waals surface area contributed by atoms with Crippen LogP contribution in [-0.4, -0.2) is 21.6 Å². The average Bonchev–Trinajstić information content (AvgIpc) is 2.83. The van der Waals surface area contributed by atoms with Crippen molar-refractivity contribution in [3.05, 3.63) is 38.3 Å². The van der Waals surface area contributed by atoms with Gasteiger partial charge >= 0.3 is 0 Å². The summed E-state index contributed by atoms with van der Waals surface area (Å²) < 4.78 is 0.708. The second-order valence-corrected chi connectivity index (χ2v) is 5.26. The maximum atomic E-state index is 9.88. The first kappa shape index (κ1) is 12.8. The molecule has 2 aromatic rings. The van der Waals surface area contributed by atoms with Crippen molar-refractivity contribution in [3.8, 4) is 0 Å². The molecule has 1 unspecified atom stereocenters. The van der Waals surface area contributed by atoms with Crippen molar-refractivity contribution in [2.45, 2.75) is 6.10 Å². The van der Waals surface area contributed by atoms with Crippen molar-refractivity contribution >= 4 is 44.7 Å². The molecule has 0 saturated heterocycles. The van der Waals surface area contributed by atoms with E-state index in [4.69, 9.17) is 11.6 Å². The lowest BCUT2D eigenvalue weighted by Crippen LogP contribution is -2.13. The molecule has 2 aromatic heterocycles. The minimum absolute atomic E-state index is 0.167. The van der Waals surface area contributed by atoms with Gasteiger partial charge in [0.2, 0.25) is 5.28 Å². The second-order valence-electron chi connectivity index (χ2n) is 3.29. The minimum atomic E-state index is -0.568. The SMILES string of the molecule is OC(CNc1nc(Cl)ncc1Br)c1ccsc1. The molecule has 0 amide bonds. The number of nitrogens with one attached hydrogen (secondary N) is 1. The first-order valence-electron chi connectivity index (χ1n) is 4.79. The zero-order valence-corrected chi connectivity index (χ0v) is 11.8. The van der Waals surface area contributed by atoms with Crippen LogP contribution in [0.3, 0.4) is 0 Å². The van der Waals surface area contributed by atoms with Crippen LogP contribution in [-0.2, 0) is 0 Å². The first-order valence-corrected chi connectivity index (χ1v) is 6.90. The van der Waals surface area contributed by atoms with Crippen LogP contribution in [0.25, 0.3) is 0 Å². The zero-order chi connectivity index (χ0) is 12.3. The van der Waals surface area contributed by atoms with Crippen molar-refractivity contribution < 1.29 is 5.11 Å². The molecule has 0 aliphatic heterocycles. The molecule has 0 aliphatic rings. The lowest BCUT2D eigenvalue weighted by molar-refractivity contribution is 0.192. The predicted molar refractivity (Wildman–Crippen MR) is 72.5 cm³/mol. The van der Waals surface area contributed by atoms with Gasteiger partial charge in [-0.3, -0.25) is 0 Å². The molecule has 0 fully saturated rings. The number of aliphatic hydroxyl groups is 1. The van der Waals surface area contributed by atoms with E-state index in [1.807, 2.05) is 16.8 Å². The quantitative estimate of drug-likeness (QED) is 0.844. The maximum Gasteiger partial charge on any atom is 0.224 e. The number of thiophene rings is 1. The van der Waals surface area contributed by atoms with Crippen molar-refractivity contribution in [1.82, 2.24) is 9.97 Å². The van der Waals surface area contributed by atoms with E-state index in [2.05, 4.69) is 31.2 Å². The summed E-state index contributed by atoms with van der Waals surface area (Å²) in [6.45, 7) is 0.364. The Bertz CT molecular complexity index is 494. The van der Waals surface area contributed by atoms with Crippen molar-refractivity contribution in [1.29, 1.82) is 0 Å². The van der Waals surface area contributed by atoms with Gasteiger partial charge in [-0.2, -0.15) is 16.3 Å². The normalized spacial score (nSPS) is 12.4. The highest BCUT2D eigenvalue weighted by molar-refractivity contribution is 9.10. The summed E-state index contributed by atoms with van der Waals surface area (Å²) in [4.78, 5) is 7.84. The summed E-state index contributed by atoms with van der Waals surface area (Å²) in [6, 6.07) is 1.89. The Kier molecular flexibility index (Phi) is 4.33. The Labute approximate surface area is 116 Å². The Morgan fingerprint density at radius 2 is 2.41 bits per heavy atom. The van der Waals surface area contributed by atoms with Crippen LogP contribution in [0.1, 0.15) is 11.7 Å². The smallest absolute Gasteiger partial charge is 0.224 e. The largest absolute Gasteiger partial charge is 0.387 e. The maximum absolute atomic E-state index is 9.88. The highest BCUT2D eigenvalue weighted by atomic mass is 79.9. The van der Waals surface area contributed by atoms with E-state index in [0.29, 0.717) is 16.8 Å². The second kappa shape index (κ2) is 5.77. The third-order valence-corrected chi connectivity index (χ3v) is 3.57. The van der Waals surface area contributed by atoms with Crippen molar-refractivity contribution in [3.63, 3.8) is 0 Å². The van der Waals surface area contributed by atoms with Gasteiger partial charge in [-0.05, 0) is 49.9 Å². The summed E-state index contributed by atoms with van der Waals surface area (Å²) in [5, 5.41) is 16.9. The average molecular weight is 335 g/mol. The van der Waals surface area contributed by atoms with Crippen LogP contribution in [0.4, 0.5) is 5.82 Å². The summed E-state index contributed by atoms with van der Waals surface area (Å²) in [7, 11) is 0. The number of hydrogen-bond acceptors (Lipinski definition) is 5. The van der Waals surface area contributed by atoms with Crippen LogP contribution in [0, 0.1) is 0 Å². The highest BCUT2D eigenvalue weighted by Crippen LogP contribution is 2.22. The molecule has 4 nitrogen and oxygen atoms in total. The fourth-order valence-corrected chi connectivity index (χ4v) is 2.42. The summed E-state index contributed by atoms with van der Waals surface area (Å²) in [5.41, 5.74) is 0.888. The van der Waals surface area contributed by atoms with E-state index < -0.39 is 6.10 Å². The Hall–Kier alpha value is -0.690. The van der Waals surface area contributed by atoms with Crippen LogP contribution >= 0.6 is 38.9 Å². The molecule has 2 heterocycles. The Balaban J connectivity index is 2.00. The standard InChI is InChI=1S/C10H9BrClN3OS/c11-7-3-14-10(12)15-9(7)13-4-8(16)6-1-2-17-5-6/h1-3,5,8,16H,4H2,(H,13,14,15). The number of halogens is 2. The number of rotatable bonds is 4. The van der Waals surface area contributed by atoms with Gasteiger partial charge in [0.15, 0.2) is 0 Å². The number of aromatic nitrogens is 2. The van der Waals surface area contributed by atoms with Crippen molar-refractivity contribution in [2.24, 2.45) is 0 Å². The third-order valence-electron chi connectivity index (χ3n) is 2.11. The van der Waals surface area contributed by atoms with Crippen LogP contribution in [0.15, 0.2) is 27.5 Å². The fraction of sp³-hybridized carbons (Fsp3) is 0.200. The molecule has 0 aliphatic carbocycles. The first-order chi connectivity index (χ1) is 8.16. The van der Waals surface area contributed by atoms with Gasteiger partial charge in [-0.15, -0.1) is 0 Å². The number of nitrogens with zero attached hydrogens (tertiary/aromatic N) is 2. The zero-order valence-electron chi connectivity index (χ0n) is 8.60. The van der Waals surface area contributed by atoms with Crippen molar-refractivity contribution in [2.75, 3.05) is 11.9 Å². The van der Waals surface area contributed by atoms with E-state index in [9.17, 15) is 5.11 Å². The lowest BCUT2D eigenvalue weighted by Gasteiger charge is -2.11. The molecule has 0 radical (unpaired) electrons. The molecule has 90 valence electrons. The van der Waals surface area contributed by atoms with Gasteiger partial charge in [0.25, 0.3) is 0 Å². The topological polar surface area (TPSA) is 58.0 Å². The Morgan fingerprint density at radius 1 is 1.59 bits per heavy atom. The summed E-state index contributed by atoms with van der Waals surface area (Å²) in [6.07, 6.45) is 0.996. The van der Waals surface area contributed by atoms with Gasteiger partial charge in [0.1, 0.15) is 5.82 Å². The van der Waals surface area contributed by atoms with Crippen LogP contribution < -0.4 is 5.32 Å². The van der Waals surface area contributed by atoms with E-state index in [1.165, 1.54) is 0 Å². The molecule has 0 aromatic carbocycles. The molecule has 1 atom stereocenters. The molecular weight excluding hydrogens is 326 g/mol. The van der Waals surface area contributed by atoms with Crippen LogP contribution in [0.2, 0.25) is 5.28 Å². The van der Waals surface area contributed by atoms with E-state index >= 15 is 0 Å². The van der Waals surface area contributed by atoms with Gasteiger partial charge in [-0.25, -0.2) is 4.98 Å². The monoisotopic (exact) mass is 333 g/mol. The van der Waals surface area contributed by atoms with Gasteiger partial charge in [-0.1, -0.05) is 0 Å². The molecule has 0 spiro atoms. The number of anilines is 1. The molecule has 7 heteroatoms. The number of hydrogen-bond donors (Lipinski definition) is 2. The van der Waals surface area contributed by atoms with E-state index in [0.717, 1.165) is 5.56 Å². The van der Waals surface area contributed by atoms with E-state index in [-0.39, 0.29) is 5.28 Å². The van der Waals surface area contributed by atoms with Gasteiger partial charge in [0, 0.05) is 12.7 Å². The fourth-order valence-electron chi connectivity index (χ4n) is 1.25. The molecule has 2 rings (SSSR count). The molecular formula is C10H9BrClN3OS. The number of aliphatic hydroxyl groups excluding tert-OH is 1. The Morgan fingerprint density at radius 3 is 3.12 bits per heavy atom. The minimum Gasteiger partial charge on any atom is -0.387 e. The van der Waals surface area contributed by atoms with Crippen LogP contribution in [0.5, 0.6) is 0 Å². The predicted octanol–water partition coefficient (Wildman–Crippen LogP) is 3.10. The molecule has 2 N–H and O–H groups in total. The highest BCUT2D eigenvalue weighted by Gasteiger charge is 2.09. The summed E-state index contributed by atoms with van der Waals surface area (Å²) in [5.74, 6) is 0.569.